The molecular weight excluding hydrogens is 384 g/mol. The summed E-state index contributed by atoms with van der Waals surface area (Å²) in [5.74, 6) is -1.89. The normalized spacial score (nSPS) is 15.2. The van der Waals surface area contributed by atoms with E-state index in [1.807, 2.05) is 12.2 Å². The van der Waals surface area contributed by atoms with Crippen LogP contribution in [0.1, 0.15) is 51.8 Å². The lowest BCUT2D eigenvalue weighted by molar-refractivity contribution is -0.147. The molecule has 2 amide bonds. The molecule has 0 radical (unpaired) electrons. The summed E-state index contributed by atoms with van der Waals surface area (Å²) in [6, 6.07) is 0. The highest BCUT2D eigenvalue weighted by Crippen LogP contribution is 2.33. The fraction of sp³-hybridized carbons (Fsp3) is 0.474. The van der Waals surface area contributed by atoms with E-state index >= 15 is 0 Å². The van der Waals surface area contributed by atoms with Gasteiger partial charge in [0.25, 0.3) is 11.8 Å². The molecular formula is C19H24N2O6S. The lowest BCUT2D eigenvalue weighted by Gasteiger charge is -2.09. The molecule has 0 unspecified atom stereocenters. The van der Waals surface area contributed by atoms with E-state index in [2.05, 4.69) is 10.6 Å². The van der Waals surface area contributed by atoms with Crippen molar-refractivity contribution in [2.45, 2.75) is 33.1 Å². The lowest BCUT2D eigenvalue weighted by Crippen LogP contribution is -2.22. The number of nitrogens with one attached hydrogen (secondary N) is 2. The molecule has 0 aromatic carbocycles. The molecule has 9 heteroatoms. The number of ether oxygens (including phenoxy) is 2. The lowest BCUT2D eigenvalue weighted by atomic mass is 10.1. The Kier molecular flexibility index (Phi) is 7.74. The molecule has 0 saturated heterocycles. The Balaban J connectivity index is 2.05. The first-order chi connectivity index (χ1) is 13.4. The predicted octanol–water partition coefficient (Wildman–Crippen LogP) is 2.43. The van der Waals surface area contributed by atoms with E-state index in [9.17, 15) is 19.2 Å². The number of allylic oxidation sites excluding steroid dienone is 2. The fourth-order valence-corrected chi connectivity index (χ4v) is 3.99. The van der Waals surface area contributed by atoms with Crippen molar-refractivity contribution in [3.05, 3.63) is 28.2 Å². The molecule has 2 N–H and O–H groups in total. The van der Waals surface area contributed by atoms with Crippen LogP contribution in [0.2, 0.25) is 0 Å². The smallest absolute Gasteiger partial charge is 0.341 e. The molecule has 28 heavy (non-hydrogen) atoms. The molecule has 1 aliphatic carbocycles. The van der Waals surface area contributed by atoms with Crippen LogP contribution in [0.15, 0.2) is 12.2 Å². The summed E-state index contributed by atoms with van der Waals surface area (Å²) in [7, 11) is 1.47. The first kappa shape index (κ1) is 21.6. The molecule has 1 atom stereocenters. The van der Waals surface area contributed by atoms with E-state index in [1.165, 1.54) is 7.05 Å². The van der Waals surface area contributed by atoms with E-state index in [4.69, 9.17) is 9.47 Å². The summed E-state index contributed by atoms with van der Waals surface area (Å²) < 4.78 is 10.0. The van der Waals surface area contributed by atoms with Crippen molar-refractivity contribution in [2.75, 3.05) is 25.6 Å². The average Bonchev–Trinajstić information content (AvgIpc) is 3.27. The zero-order valence-corrected chi connectivity index (χ0v) is 16.9. The Bertz CT molecular complexity index is 799. The van der Waals surface area contributed by atoms with Gasteiger partial charge in [0.2, 0.25) is 0 Å². The van der Waals surface area contributed by atoms with Crippen LogP contribution in [0.3, 0.4) is 0 Å². The Morgan fingerprint density at radius 1 is 1.25 bits per heavy atom. The second kappa shape index (κ2) is 10.0. The van der Waals surface area contributed by atoms with Gasteiger partial charge >= 0.3 is 11.9 Å². The monoisotopic (exact) mass is 408 g/mol. The highest BCUT2D eigenvalue weighted by Gasteiger charge is 2.26. The van der Waals surface area contributed by atoms with Gasteiger partial charge in [-0.2, -0.15) is 0 Å². The van der Waals surface area contributed by atoms with Gasteiger partial charge in [0.05, 0.1) is 23.5 Å². The molecule has 2 rings (SSSR count). The third-order valence-electron chi connectivity index (χ3n) is 4.22. The van der Waals surface area contributed by atoms with Crippen molar-refractivity contribution in [1.82, 2.24) is 5.32 Å². The van der Waals surface area contributed by atoms with Crippen LogP contribution in [0, 0.1) is 12.8 Å². The first-order valence-electron chi connectivity index (χ1n) is 9.02. The number of anilines is 1. The van der Waals surface area contributed by atoms with E-state index in [-0.39, 0.29) is 35.4 Å². The largest absolute Gasteiger partial charge is 0.462 e. The number of hydrogen-bond donors (Lipinski definition) is 2. The van der Waals surface area contributed by atoms with Gasteiger partial charge in [-0.1, -0.05) is 12.2 Å². The van der Waals surface area contributed by atoms with Gasteiger partial charge in [-0.15, -0.1) is 11.3 Å². The number of thiophene rings is 1. The Labute approximate surface area is 167 Å². The van der Waals surface area contributed by atoms with Gasteiger partial charge in [-0.25, -0.2) is 4.79 Å². The molecule has 152 valence electrons. The minimum Gasteiger partial charge on any atom is -0.462 e. The van der Waals surface area contributed by atoms with Crippen LogP contribution in [0.4, 0.5) is 5.00 Å². The zero-order valence-electron chi connectivity index (χ0n) is 16.1. The second-order valence-electron chi connectivity index (χ2n) is 6.24. The Morgan fingerprint density at radius 3 is 2.61 bits per heavy atom. The van der Waals surface area contributed by atoms with E-state index in [1.54, 1.807) is 13.8 Å². The van der Waals surface area contributed by atoms with Crippen LogP contribution < -0.4 is 10.6 Å². The molecule has 0 fully saturated rings. The Hall–Kier alpha value is -2.68. The molecule has 0 aliphatic heterocycles. The molecule has 0 saturated carbocycles. The summed E-state index contributed by atoms with van der Waals surface area (Å²) in [6.45, 7) is 2.96. The minimum absolute atomic E-state index is 0.126. The molecule has 1 aromatic heterocycles. The number of hydrogen-bond acceptors (Lipinski definition) is 7. The van der Waals surface area contributed by atoms with Crippen molar-refractivity contribution >= 4 is 40.1 Å². The second-order valence-corrected chi connectivity index (χ2v) is 7.26. The van der Waals surface area contributed by atoms with E-state index in [0.29, 0.717) is 10.4 Å². The van der Waals surface area contributed by atoms with Crippen LogP contribution in [-0.2, 0) is 19.1 Å². The van der Waals surface area contributed by atoms with Gasteiger partial charge in [-0.05, 0) is 38.2 Å². The maximum atomic E-state index is 12.3. The minimum atomic E-state index is -0.633. The average molecular weight is 408 g/mol. The third-order valence-corrected chi connectivity index (χ3v) is 5.42. The van der Waals surface area contributed by atoms with Crippen LogP contribution in [0.5, 0.6) is 0 Å². The maximum absolute atomic E-state index is 12.3. The van der Waals surface area contributed by atoms with E-state index in [0.717, 1.165) is 24.2 Å². The molecule has 1 heterocycles. The van der Waals surface area contributed by atoms with Crippen molar-refractivity contribution in [3.8, 4) is 0 Å². The number of carbonyl (C=O) groups is 4. The SMILES string of the molecule is CCOC(=O)c1c(NC(=O)COC(=O)C[C@@H]2C=CCC2)sc(C(=O)NC)c1C. The van der Waals surface area contributed by atoms with Crippen molar-refractivity contribution < 1.29 is 28.7 Å². The maximum Gasteiger partial charge on any atom is 0.341 e. The highest BCUT2D eigenvalue weighted by atomic mass is 32.1. The highest BCUT2D eigenvalue weighted by molar-refractivity contribution is 7.18. The summed E-state index contributed by atoms with van der Waals surface area (Å²) in [5, 5.41) is 5.23. The number of carbonyl (C=O) groups excluding carboxylic acids is 4. The molecule has 0 spiro atoms. The summed E-state index contributed by atoms with van der Waals surface area (Å²) in [5.41, 5.74) is 0.546. The third kappa shape index (κ3) is 5.41. The van der Waals surface area contributed by atoms with Crippen molar-refractivity contribution in [1.29, 1.82) is 0 Å². The standard InChI is InChI=1S/C19H24N2O6S/c1-4-26-19(25)15-11(2)16(17(24)20-3)28-18(15)21-13(22)10-27-14(23)9-12-7-5-6-8-12/h5,7,12H,4,6,8-10H2,1-3H3,(H,20,24)(H,21,22)/t12-/m1/s1. The van der Waals surface area contributed by atoms with Gasteiger partial charge in [-0.3, -0.25) is 14.4 Å². The van der Waals surface area contributed by atoms with Crippen LogP contribution in [0.25, 0.3) is 0 Å². The van der Waals surface area contributed by atoms with Gasteiger partial charge in [0, 0.05) is 7.05 Å². The number of esters is 2. The van der Waals surface area contributed by atoms with Crippen molar-refractivity contribution in [3.63, 3.8) is 0 Å². The zero-order chi connectivity index (χ0) is 20.7. The summed E-state index contributed by atoms with van der Waals surface area (Å²) >= 11 is 0.967. The van der Waals surface area contributed by atoms with Gasteiger partial charge in [0.15, 0.2) is 6.61 Å². The van der Waals surface area contributed by atoms with Gasteiger partial charge in [0.1, 0.15) is 5.00 Å². The van der Waals surface area contributed by atoms with Crippen LogP contribution >= 0.6 is 11.3 Å². The summed E-state index contributed by atoms with van der Waals surface area (Å²) in [6.07, 6.45) is 6.07. The van der Waals surface area contributed by atoms with Gasteiger partial charge < -0.3 is 20.1 Å². The number of amides is 2. The molecule has 0 bridgehead atoms. The number of rotatable bonds is 8. The van der Waals surface area contributed by atoms with Crippen LogP contribution in [-0.4, -0.2) is 44.0 Å². The van der Waals surface area contributed by atoms with Crippen molar-refractivity contribution in [2.24, 2.45) is 5.92 Å². The Morgan fingerprint density at radius 2 is 2.00 bits per heavy atom. The fourth-order valence-electron chi connectivity index (χ4n) is 2.83. The quantitative estimate of drug-likeness (QED) is 0.505. The van der Waals surface area contributed by atoms with E-state index < -0.39 is 24.5 Å². The predicted molar refractivity (Wildman–Crippen MR) is 104 cm³/mol. The summed E-state index contributed by atoms with van der Waals surface area (Å²) in [4.78, 5) is 48.6. The molecule has 8 nitrogen and oxygen atoms in total. The molecule has 1 aliphatic rings. The topological polar surface area (TPSA) is 111 Å². The first-order valence-corrected chi connectivity index (χ1v) is 9.83. The molecule has 1 aromatic rings.